The van der Waals surface area contributed by atoms with Gasteiger partial charge in [0.25, 0.3) is 0 Å². The molecule has 0 saturated heterocycles. The van der Waals surface area contributed by atoms with Gasteiger partial charge in [0, 0.05) is 6.08 Å². The molecule has 1 rings (SSSR count). The second-order valence-electron chi connectivity index (χ2n) is 2.35. The maximum absolute atomic E-state index is 10.8. The van der Waals surface area contributed by atoms with Crippen LogP contribution in [0.1, 0.15) is 0 Å². The number of carbonyl (C=O) groups is 1. The standard InChI is InChI=1S/C7H10O5/c1-11-6-2-5(4(9)3-8)12-7(6)10/h2,4-5,8-9H,3H2,1H3. The van der Waals surface area contributed by atoms with Crippen molar-refractivity contribution in [3.8, 4) is 0 Å². The van der Waals surface area contributed by atoms with E-state index in [9.17, 15) is 4.79 Å². The third-order valence-electron chi connectivity index (χ3n) is 1.55. The van der Waals surface area contributed by atoms with Gasteiger partial charge >= 0.3 is 5.97 Å². The van der Waals surface area contributed by atoms with E-state index in [2.05, 4.69) is 9.47 Å². The maximum atomic E-state index is 10.8. The molecule has 5 nitrogen and oxygen atoms in total. The summed E-state index contributed by atoms with van der Waals surface area (Å²) in [5, 5.41) is 17.6. The summed E-state index contributed by atoms with van der Waals surface area (Å²) in [6.45, 7) is -0.453. The Morgan fingerprint density at radius 2 is 2.50 bits per heavy atom. The number of rotatable bonds is 3. The topological polar surface area (TPSA) is 76.0 Å². The molecule has 0 spiro atoms. The number of hydrogen-bond acceptors (Lipinski definition) is 5. The van der Waals surface area contributed by atoms with Gasteiger partial charge in [0.15, 0.2) is 6.10 Å². The summed E-state index contributed by atoms with van der Waals surface area (Å²) in [6, 6.07) is 0. The summed E-state index contributed by atoms with van der Waals surface area (Å²) in [5.74, 6) is -0.553. The molecule has 12 heavy (non-hydrogen) atoms. The van der Waals surface area contributed by atoms with Gasteiger partial charge in [-0.25, -0.2) is 4.79 Å². The molecule has 0 aromatic rings. The molecule has 1 aliphatic heterocycles. The average molecular weight is 174 g/mol. The van der Waals surface area contributed by atoms with Crippen LogP contribution >= 0.6 is 0 Å². The van der Waals surface area contributed by atoms with E-state index < -0.39 is 24.8 Å². The van der Waals surface area contributed by atoms with E-state index in [-0.39, 0.29) is 5.76 Å². The highest BCUT2D eigenvalue weighted by atomic mass is 16.6. The number of esters is 1. The Labute approximate surface area is 69.2 Å². The average Bonchev–Trinajstić information content (AvgIpc) is 2.45. The molecule has 2 atom stereocenters. The quantitative estimate of drug-likeness (QED) is 0.525. The van der Waals surface area contributed by atoms with Crippen molar-refractivity contribution in [1.82, 2.24) is 0 Å². The van der Waals surface area contributed by atoms with Crippen LogP contribution in [0.15, 0.2) is 11.8 Å². The molecule has 0 aromatic heterocycles. The zero-order chi connectivity index (χ0) is 9.14. The third kappa shape index (κ3) is 1.57. The Hall–Kier alpha value is -1.07. The highest BCUT2D eigenvalue weighted by Gasteiger charge is 2.31. The van der Waals surface area contributed by atoms with Crippen molar-refractivity contribution in [2.24, 2.45) is 0 Å². The normalized spacial score (nSPS) is 24.8. The fourth-order valence-electron chi connectivity index (χ4n) is 0.878. The molecule has 2 N–H and O–H groups in total. The summed E-state index contributed by atoms with van der Waals surface area (Å²) < 4.78 is 9.29. The Balaban J connectivity index is 2.63. The van der Waals surface area contributed by atoms with Crippen molar-refractivity contribution < 1.29 is 24.5 Å². The van der Waals surface area contributed by atoms with Gasteiger partial charge in [-0.15, -0.1) is 0 Å². The van der Waals surface area contributed by atoms with Crippen molar-refractivity contribution in [1.29, 1.82) is 0 Å². The SMILES string of the molecule is COC1=CC(C(O)CO)OC1=O. The molecule has 0 fully saturated rings. The van der Waals surface area contributed by atoms with Gasteiger partial charge in [-0.3, -0.25) is 0 Å². The Bertz CT molecular complexity index is 210. The third-order valence-corrected chi connectivity index (χ3v) is 1.55. The zero-order valence-electron chi connectivity index (χ0n) is 6.56. The van der Waals surface area contributed by atoms with E-state index in [4.69, 9.17) is 10.2 Å². The van der Waals surface area contributed by atoms with Gasteiger partial charge in [-0.05, 0) is 0 Å². The lowest BCUT2D eigenvalue weighted by Gasteiger charge is -2.11. The monoisotopic (exact) mass is 174 g/mol. The lowest BCUT2D eigenvalue weighted by molar-refractivity contribution is -0.147. The minimum atomic E-state index is -1.08. The molecule has 1 heterocycles. The van der Waals surface area contributed by atoms with Crippen molar-refractivity contribution in [2.45, 2.75) is 12.2 Å². The first kappa shape index (κ1) is 9.02. The molecular formula is C7H10O5. The summed E-state index contributed by atoms with van der Waals surface area (Å²) in [7, 11) is 1.33. The van der Waals surface area contributed by atoms with Gasteiger partial charge in [-0.1, -0.05) is 0 Å². The maximum Gasteiger partial charge on any atom is 0.374 e. The lowest BCUT2D eigenvalue weighted by atomic mass is 10.2. The molecule has 2 unspecified atom stereocenters. The Morgan fingerprint density at radius 3 is 2.92 bits per heavy atom. The van der Waals surface area contributed by atoms with E-state index in [1.54, 1.807) is 0 Å². The van der Waals surface area contributed by atoms with E-state index >= 15 is 0 Å². The van der Waals surface area contributed by atoms with Crippen LogP contribution in [-0.4, -0.2) is 42.1 Å². The van der Waals surface area contributed by atoms with Crippen molar-refractivity contribution in [2.75, 3.05) is 13.7 Å². The molecule has 0 amide bonds. The molecule has 5 heteroatoms. The van der Waals surface area contributed by atoms with Crippen LogP contribution in [0.5, 0.6) is 0 Å². The first-order valence-electron chi connectivity index (χ1n) is 3.44. The van der Waals surface area contributed by atoms with Gasteiger partial charge < -0.3 is 19.7 Å². The molecule has 68 valence electrons. The number of aliphatic hydroxyl groups is 2. The van der Waals surface area contributed by atoms with Gasteiger partial charge in [-0.2, -0.15) is 0 Å². The first-order chi connectivity index (χ1) is 5.69. The number of hydrogen-bond donors (Lipinski definition) is 2. The lowest BCUT2D eigenvalue weighted by Crippen LogP contribution is -2.28. The Morgan fingerprint density at radius 1 is 1.83 bits per heavy atom. The van der Waals surface area contributed by atoms with Gasteiger partial charge in [0.1, 0.15) is 6.10 Å². The molecule has 0 aromatic carbocycles. The summed E-state index contributed by atoms with van der Waals surface area (Å²) in [4.78, 5) is 10.8. The zero-order valence-corrected chi connectivity index (χ0v) is 6.56. The van der Waals surface area contributed by atoms with Gasteiger partial charge in [0.2, 0.25) is 5.76 Å². The smallest absolute Gasteiger partial charge is 0.374 e. The number of cyclic esters (lactones) is 1. The number of methoxy groups -OCH3 is 1. The minimum absolute atomic E-state index is 0.0625. The van der Waals surface area contributed by atoms with E-state index in [0.717, 1.165) is 0 Å². The fraction of sp³-hybridized carbons (Fsp3) is 0.571. The van der Waals surface area contributed by atoms with Crippen LogP contribution in [0.4, 0.5) is 0 Å². The largest absolute Gasteiger partial charge is 0.490 e. The van der Waals surface area contributed by atoms with Crippen molar-refractivity contribution in [3.05, 3.63) is 11.8 Å². The number of carbonyl (C=O) groups excluding carboxylic acids is 1. The molecule has 0 bridgehead atoms. The van der Waals surface area contributed by atoms with Crippen LogP contribution in [0.3, 0.4) is 0 Å². The van der Waals surface area contributed by atoms with Crippen LogP contribution in [0.25, 0.3) is 0 Å². The van der Waals surface area contributed by atoms with E-state index in [1.165, 1.54) is 13.2 Å². The summed E-state index contributed by atoms with van der Waals surface area (Å²) in [5.41, 5.74) is 0. The summed E-state index contributed by atoms with van der Waals surface area (Å²) >= 11 is 0. The molecular weight excluding hydrogens is 164 g/mol. The summed E-state index contributed by atoms with van der Waals surface area (Å²) in [6.07, 6.45) is -0.539. The van der Waals surface area contributed by atoms with Crippen molar-refractivity contribution in [3.63, 3.8) is 0 Å². The fourth-order valence-corrected chi connectivity index (χ4v) is 0.878. The van der Waals surface area contributed by atoms with Crippen molar-refractivity contribution >= 4 is 5.97 Å². The first-order valence-corrected chi connectivity index (χ1v) is 3.44. The minimum Gasteiger partial charge on any atom is -0.490 e. The van der Waals surface area contributed by atoms with Crippen LogP contribution in [0, 0.1) is 0 Å². The predicted molar refractivity (Wildman–Crippen MR) is 38.1 cm³/mol. The predicted octanol–water partition coefficient (Wildman–Crippen LogP) is -1.20. The molecule has 1 aliphatic rings. The van der Waals surface area contributed by atoms with E-state index in [1.807, 2.05) is 0 Å². The van der Waals surface area contributed by atoms with Gasteiger partial charge in [0.05, 0.1) is 13.7 Å². The molecule has 0 radical (unpaired) electrons. The highest BCUT2D eigenvalue weighted by Crippen LogP contribution is 2.16. The number of aliphatic hydroxyl groups excluding tert-OH is 2. The number of ether oxygens (including phenoxy) is 2. The molecule has 0 aliphatic carbocycles. The second-order valence-corrected chi connectivity index (χ2v) is 2.35. The van der Waals surface area contributed by atoms with E-state index in [0.29, 0.717) is 0 Å². The van der Waals surface area contributed by atoms with Crippen LogP contribution < -0.4 is 0 Å². The molecule has 0 saturated carbocycles. The second kappa shape index (κ2) is 3.55. The van der Waals surface area contributed by atoms with Crippen LogP contribution in [0.2, 0.25) is 0 Å². The highest BCUT2D eigenvalue weighted by molar-refractivity contribution is 5.88. The van der Waals surface area contributed by atoms with Crippen LogP contribution in [-0.2, 0) is 14.3 Å². The Kier molecular flexibility index (Phi) is 2.67.